The lowest BCUT2D eigenvalue weighted by atomic mass is 10.1. The Kier molecular flexibility index (Phi) is 4.82. The van der Waals surface area contributed by atoms with Gasteiger partial charge in [0.25, 0.3) is 5.91 Å². The Bertz CT molecular complexity index is 1080. The van der Waals surface area contributed by atoms with Crippen molar-refractivity contribution in [3.8, 4) is 11.3 Å². The number of para-hydroxylation sites is 1. The molecule has 3 amide bonds. The number of likely N-dealkylation sites (N-methyl/N-ethyl adjacent to an activating group) is 1. The van der Waals surface area contributed by atoms with Gasteiger partial charge in [-0.2, -0.15) is 0 Å². The summed E-state index contributed by atoms with van der Waals surface area (Å²) in [6.07, 6.45) is 1.54. The van der Waals surface area contributed by atoms with Crippen LogP contribution < -0.4 is 10.2 Å². The quantitative estimate of drug-likeness (QED) is 0.738. The molecule has 8 heteroatoms. The molecule has 1 N–H and O–H groups in total. The standard InChI is InChI=1S/C21H18N4O4/c1-24-13-20(27)25(17-8-3-2-7-16(17)21(24)28)12-19(26)23-15-6-4-5-14(11-15)18-9-10-22-29-18/h2-11H,12-13H2,1H3,(H,23,26). The number of benzene rings is 2. The number of rotatable bonds is 4. The number of anilines is 2. The van der Waals surface area contributed by atoms with E-state index in [1.54, 1.807) is 61.8 Å². The van der Waals surface area contributed by atoms with Crippen LogP contribution in [0.15, 0.2) is 65.3 Å². The molecule has 2 heterocycles. The molecule has 0 aliphatic carbocycles. The second-order valence-corrected chi connectivity index (χ2v) is 6.66. The molecule has 0 atom stereocenters. The van der Waals surface area contributed by atoms with Crippen LogP contribution in [-0.2, 0) is 9.59 Å². The summed E-state index contributed by atoms with van der Waals surface area (Å²) in [5.74, 6) is -0.368. The Hall–Kier alpha value is -3.94. The van der Waals surface area contributed by atoms with E-state index in [2.05, 4.69) is 10.5 Å². The van der Waals surface area contributed by atoms with Crippen LogP contribution in [-0.4, -0.2) is 47.9 Å². The van der Waals surface area contributed by atoms with Crippen molar-refractivity contribution in [2.24, 2.45) is 0 Å². The number of hydrogen-bond donors (Lipinski definition) is 1. The number of amides is 3. The van der Waals surface area contributed by atoms with Crippen molar-refractivity contribution < 1.29 is 18.9 Å². The summed E-state index contributed by atoms with van der Waals surface area (Å²) < 4.78 is 5.14. The molecule has 0 saturated heterocycles. The highest BCUT2D eigenvalue weighted by Gasteiger charge is 2.30. The monoisotopic (exact) mass is 390 g/mol. The van der Waals surface area contributed by atoms with E-state index in [9.17, 15) is 14.4 Å². The molecule has 2 aromatic carbocycles. The smallest absolute Gasteiger partial charge is 0.256 e. The van der Waals surface area contributed by atoms with Gasteiger partial charge in [-0.05, 0) is 24.3 Å². The lowest BCUT2D eigenvalue weighted by Crippen LogP contribution is -2.41. The molecule has 1 aromatic heterocycles. The van der Waals surface area contributed by atoms with Crippen LogP contribution in [0.25, 0.3) is 11.3 Å². The average Bonchev–Trinajstić information content (AvgIpc) is 3.24. The first-order valence-electron chi connectivity index (χ1n) is 8.99. The number of fused-ring (bicyclic) bond motifs is 1. The molecule has 29 heavy (non-hydrogen) atoms. The van der Waals surface area contributed by atoms with Gasteiger partial charge in [-0.25, -0.2) is 0 Å². The van der Waals surface area contributed by atoms with Gasteiger partial charge in [0, 0.05) is 24.4 Å². The molecule has 0 radical (unpaired) electrons. The van der Waals surface area contributed by atoms with Crippen molar-refractivity contribution >= 4 is 29.1 Å². The van der Waals surface area contributed by atoms with Crippen molar-refractivity contribution in [2.75, 3.05) is 30.4 Å². The summed E-state index contributed by atoms with van der Waals surface area (Å²) in [5.41, 5.74) is 2.15. The molecular weight excluding hydrogens is 372 g/mol. The number of carbonyl (C=O) groups excluding carboxylic acids is 3. The van der Waals surface area contributed by atoms with E-state index < -0.39 is 0 Å². The van der Waals surface area contributed by atoms with Gasteiger partial charge in [0.15, 0.2) is 5.76 Å². The third kappa shape index (κ3) is 3.73. The number of aromatic nitrogens is 1. The van der Waals surface area contributed by atoms with Crippen LogP contribution in [0.5, 0.6) is 0 Å². The van der Waals surface area contributed by atoms with Gasteiger partial charge in [0.05, 0.1) is 17.4 Å². The molecule has 8 nitrogen and oxygen atoms in total. The van der Waals surface area contributed by atoms with Crippen LogP contribution >= 0.6 is 0 Å². The highest BCUT2D eigenvalue weighted by molar-refractivity contribution is 6.12. The van der Waals surface area contributed by atoms with E-state index in [0.717, 1.165) is 5.56 Å². The van der Waals surface area contributed by atoms with Crippen molar-refractivity contribution in [3.05, 3.63) is 66.4 Å². The summed E-state index contributed by atoms with van der Waals surface area (Å²) in [7, 11) is 1.57. The zero-order valence-corrected chi connectivity index (χ0v) is 15.7. The van der Waals surface area contributed by atoms with E-state index in [1.807, 2.05) is 6.07 Å². The Balaban J connectivity index is 1.55. The fraction of sp³-hybridized carbons (Fsp3) is 0.143. The molecule has 1 aliphatic heterocycles. The van der Waals surface area contributed by atoms with Gasteiger partial charge < -0.3 is 19.6 Å². The zero-order valence-electron chi connectivity index (χ0n) is 15.7. The minimum atomic E-state index is -0.375. The molecule has 0 fully saturated rings. The van der Waals surface area contributed by atoms with Gasteiger partial charge in [-0.1, -0.05) is 29.4 Å². The van der Waals surface area contributed by atoms with Gasteiger partial charge in [0.2, 0.25) is 11.8 Å². The lowest BCUT2D eigenvalue weighted by molar-refractivity contribution is -0.121. The third-order valence-corrected chi connectivity index (χ3v) is 4.62. The van der Waals surface area contributed by atoms with Crippen LogP contribution in [0.2, 0.25) is 0 Å². The predicted octanol–water partition coefficient (Wildman–Crippen LogP) is 2.40. The Labute approximate surface area is 166 Å². The number of nitrogens with zero attached hydrogens (tertiary/aromatic N) is 3. The highest BCUT2D eigenvalue weighted by Crippen LogP contribution is 2.25. The second-order valence-electron chi connectivity index (χ2n) is 6.66. The normalized spacial score (nSPS) is 13.8. The van der Waals surface area contributed by atoms with E-state index in [-0.39, 0.29) is 30.8 Å². The highest BCUT2D eigenvalue weighted by atomic mass is 16.5. The molecule has 4 rings (SSSR count). The predicted molar refractivity (Wildman–Crippen MR) is 106 cm³/mol. The zero-order chi connectivity index (χ0) is 20.4. The average molecular weight is 390 g/mol. The minimum absolute atomic E-state index is 0.0955. The maximum Gasteiger partial charge on any atom is 0.256 e. The lowest BCUT2D eigenvalue weighted by Gasteiger charge is -2.21. The second kappa shape index (κ2) is 7.59. The maximum atomic E-state index is 12.7. The first-order chi connectivity index (χ1) is 14.0. The van der Waals surface area contributed by atoms with Crippen molar-refractivity contribution in [3.63, 3.8) is 0 Å². The molecule has 0 unspecified atom stereocenters. The SMILES string of the molecule is CN1CC(=O)N(CC(=O)Nc2cccc(-c3ccno3)c2)c2ccccc2C1=O. The van der Waals surface area contributed by atoms with Crippen LogP contribution in [0.4, 0.5) is 11.4 Å². The molecule has 3 aromatic rings. The molecule has 0 bridgehead atoms. The first kappa shape index (κ1) is 18.4. The van der Waals surface area contributed by atoms with Crippen LogP contribution in [0.1, 0.15) is 10.4 Å². The van der Waals surface area contributed by atoms with Crippen molar-refractivity contribution in [2.45, 2.75) is 0 Å². The van der Waals surface area contributed by atoms with Gasteiger partial charge >= 0.3 is 0 Å². The summed E-state index contributed by atoms with van der Waals surface area (Å²) in [6, 6.07) is 15.6. The Morgan fingerprint density at radius 1 is 1.14 bits per heavy atom. The van der Waals surface area contributed by atoms with Crippen LogP contribution in [0, 0.1) is 0 Å². The maximum absolute atomic E-state index is 12.7. The largest absolute Gasteiger partial charge is 0.356 e. The number of nitrogens with one attached hydrogen (secondary N) is 1. The van der Waals surface area contributed by atoms with Gasteiger partial charge in [0.1, 0.15) is 13.1 Å². The van der Waals surface area contributed by atoms with E-state index in [0.29, 0.717) is 22.7 Å². The summed E-state index contributed by atoms with van der Waals surface area (Å²) in [5, 5.41) is 6.47. The van der Waals surface area contributed by atoms with Gasteiger partial charge in [-0.15, -0.1) is 0 Å². The summed E-state index contributed by atoms with van der Waals surface area (Å²) >= 11 is 0. The fourth-order valence-corrected chi connectivity index (χ4v) is 3.22. The minimum Gasteiger partial charge on any atom is -0.356 e. The molecule has 146 valence electrons. The molecule has 0 spiro atoms. The third-order valence-electron chi connectivity index (χ3n) is 4.62. The number of carbonyl (C=O) groups is 3. The first-order valence-corrected chi connectivity index (χ1v) is 8.99. The topological polar surface area (TPSA) is 95.8 Å². The van der Waals surface area contributed by atoms with Crippen molar-refractivity contribution in [1.82, 2.24) is 10.1 Å². The molecule has 0 saturated carbocycles. The van der Waals surface area contributed by atoms with E-state index >= 15 is 0 Å². The Morgan fingerprint density at radius 3 is 2.76 bits per heavy atom. The van der Waals surface area contributed by atoms with Gasteiger partial charge in [-0.3, -0.25) is 14.4 Å². The molecular formula is C21H18N4O4. The Morgan fingerprint density at radius 2 is 1.97 bits per heavy atom. The fourth-order valence-electron chi connectivity index (χ4n) is 3.22. The van der Waals surface area contributed by atoms with Crippen molar-refractivity contribution in [1.29, 1.82) is 0 Å². The molecule has 1 aliphatic rings. The summed E-state index contributed by atoms with van der Waals surface area (Å²) in [6.45, 7) is -0.300. The number of hydrogen-bond acceptors (Lipinski definition) is 5. The van der Waals surface area contributed by atoms with E-state index in [4.69, 9.17) is 4.52 Å². The summed E-state index contributed by atoms with van der Waals surface area (Å²) in [4.78, 5) is 40.5. The van der Waals surface area contributed by atoms with Crippen LogP contribution in [0.3, 0.4) is 0 Å². The van der Waals surface area contributed by atoms with E-state index in [1.165, 1.54) is 9.80 Å².